The Morgan fingerprint density at radius 1 is 1.23 bits per heavy atom. The summed E-state index contributed by atoms with van der Waals surface area (Å²) in [4.78, 5) is 19.6. The standard InChI is InChI=1S/C22H20FN5OS/c1-13-3-6-18-16(9-13)19(27-26-18)20(29)28-8-7-22(11-28,21-24-12-25-30-21)15-5-4-14(2)17(23)10-15/h3-6,9-10,12H,7-8,11H2,1-2H3,(H,26,27)/t22-/m0/s1. The van der Waals surface area contributed by atoms with E-state index < -0.39 is 5.41 Å². The number of rotatable bonds is 3. The Hall–Kier alpha value is -3.13. The molecule has 3 heterocycles. The SMILES string of the molecule is Cc1ccc2[nH]nc(C(=O)N3CC[C@](c4ccc(C)c(F)c4)(c4ncns4)C3)c2c1. The zero-order valence-electron chi connectivity index (χ0n) is 16.6. The number of carbonyl (C=O) groups excluding carboxylic acids is 1. The molecule has 0 unspecified atom stereocenters. The molecule has 2 aromatic heterocycles. The maximum absolute atomic E-state index is 14.4. The average molecular weight is 422 g/mol. The highest BCUT2D eigenvalue weighted by Crippen LogP contribution is 2.42. The van der Waals surface area contributed by atoms with Crippen LogP contribution in [0.4, 0.5) is 4.39 Å². The number of amides is 1. The smallest absolute Gasteiger partial charge is 0.275 e. The summed E-state index contributed by atoms with van der Waals surface area (Å²) in [5.74, 6) is -0.388. The highest BCUT2D eigenvalue weighted by Gasteiger charge is 2.46. The van der Waals surface area contributed by atoms with E-state index in [1.165, 1.54) is 17.9 Å². The van der Waals surface area contributed by atoms with Crippen LogP contribution >= 0.6 is 11.5 Å². The van der Waals surface area contributed by atoms with Crippen LogP contribution in [-0.4, -0.2) is 43.5 Å². The topological polar surface area (TPSA) is 74.8 Å². The molecule has 1 saturated heterocycles. The van der Waals surface area contributed by atoms with Crippen LogP contribution < -0.4 is 0 Å². The normalized spacial score (nSPS) is 19.0. The summed E-state index contributed by atoms with van der Waals surface area (Å²) in [5.41, 5.74) is 3.15. The van der Waals surface area contributed by atoms with Gasteiger partial charge in [0, 0.05) is 18.5 Å². The molecule has 1 aliphatic heterocycles. The lowest BCUT2D eigenvalue weighted by Gasteiger charge is -2.27. The number of nitrogens with one attached hydrogen (secondary N) is 1. The van der Waals surface area contributed by atoms with Crippen molar-refractivity contribution >= 4 is 28.3 Å². The largest absolute Gasteiger partial charge is 0.336 e. The minimum Gasteiger partial charge on any atom is -0.336 e. The lowest BCUT2D eigenvalue weighted by molar-refractivity contribution is 0.0782. The Kier molecular flexibility index (Phi) is 4.39. The van der Waals surface area contributed by atoms with Gasteiger partial charge in [-0.3, -0.25) is 9.89 Å². The van der Waals surface area contributed by atoms with Gasteiger partial charge in [-0.25, -0.2) is 9.37 Å². The lowest BCUT2D eigenvalue weighted by atomic mass is 9.80. The third-order valence-corrected chi connectivity index (χ3v) is 6.84. The monoisotopic (exact) mass is 421 g/mol. The van der Waals surface area contributed by atoms with Crippen LogP contribution in [-0.2, 0) is 5.41 Å². The average Bonchev–Trinajstić information content (AvgIpc) is 3.49. The molecule has 1 N–H and O–H groups in total. The Balaban J connectivity index is 1.54. The van der Waals surface area contributed by atoms with Gasteiger partial charge in [-0.2, -0.15) is 9.47 Å². The molecule has 4 aromatic rings. The number of fused-ring (bicyclic) bond motifs is 1. The minimum absolute atomic E-state index is 0.133. The van der Waals surface area contributed by atoms with Gasteiger partial charge in [0.1, 0.15) is 17.2 Å². The van der Waals surface area contributed by atoms with Crippen molar-refractivity contribution in [3.63, 3.8) is 0 Å². The Bertz CT molecular complexity index is 1250. The highest BCUT2D eigenvalue weighted by molar-refractivity contribution is 7.05. The van der Waals surface area contributed by atoms with Crippen molar-refractivity contribution in [1.82, 2.24) is 24.5 Å². The van der Waals surface area contributed by atoms with Crippen LogP contribution in [0.1, 0.15) is 38.6 Å². The number of aromatic nitrogens is 4. The van der Waals surface area contributed by atoms with Gasteiger partial charge >= 0.3 is 0 Å². The molecule has 0 aliphatic carbocycles. The van der Waals surface area contributed by atoms with Gasteiger partial charge in [0.15, 0.2) is 5.69 Å². The van der Waals surface area contributed by atoms with Gasteiger partial charge in [0.25, 0.3) is 5.91 Å². The van der Waals surface area contributed by atoms with Crippen molar-refractivity contribution < 1.29 is 9.18 Å². The van der Waals surface area contributed by atoms with Gasteiger partial charge in [-0.05, 0) is 61.1 Å². The Labute approximate surface area is 176 Å². The molecule has 6 nitrogen and oxygen atoms in total. The molecule has 1 amide bonds. The second-order valence-electron chi connectivity index (χ2n) is 7.89. The summed E-state index contributed by atoms with van der Waals surface area (Å²) in [6.07, 6.45) is 2.17. The van der Waals surface area contributed by atoms with Crippen molar-refractivity contribution in [2.24, 2.45) is 0 Å². The number of H-pyrrole nitrogens is 1. The van der Waals surface area contributed by atoms with Crippen LogP contribution in [0.15, 0.2) is 42.7 Å². The maximum atomic E-state index is 14.4. The van der Waals surface area contributed by atoms with Gasteiger partial charge in [0.05, 0.1) is 10.9 Å². The van der Waals surface area contributed by atoms with Gasteiger partial charge in [-0.1, -0.05) is 23.8 Å². The van der Waals surface area contributed by atoms with Gasteiger partial charge in [-0.15, -0.1) is 0 Å². The molecule has 1 aliphatic rings. The number of nitrogens with zero attached hydrogens (tertiary/aromatic N) is 4. The van der Waals surface area contributed by atoms with Crippen molar-refractivity contribution in [3.05, 3.63) is 75.9 Å². The summed E-state index contributed by atoms with van der Waals surface area (Å²) in [5, 5.41) is 8.84. The number of carbonyl (C=O) groups is 1. The molecule has 1 atom stereocenters. The van der Waals surface area contributed by atoms with E-state index in [9.17, 15) is 9.18 Å². The van der Waals surface area contributed by atoms with E-state index in [4.69, 9.17) is 0 Å². The first kappa shape index (κ1) is 18.9. The molecule has 5 rings (SSSR count). The molecule has 0 radical (unpaired) electrons. The predicted octanol–water partition coefficient (Wildman–Crippen LogP) is 4.00. The van der Waals surface area contributed by atoms with Crippen LogP contribution in [0.25, 0.3) is 10.9 Å². The maximum Gasteiger partial charge on any atom is 0.275 e. The van der Waals surface area contributed by atoms with Gasteiger partial charge in [0.2, 0.25) is 0 Å². The summed E-state index contributed by atoms with van der Waals surface area (Å²) in [7, 11) is 0. The number of hydrogen-bond donors (Lipinski definition) is 1. The van der Waals surface area contributed by atoms with E-state index in [-0.39, 0.29) is 11.7 Å². The summed E-state index contributed by atoms with van der Waals surface area (Å²) < 4.78 is 18.6. The first-order valence-electron chi connectivity index (χ1n) is 9.76. The second kappa shape index (κ2) is 6.98. The van der Waals surface area contributed by atoms with E-state index >= 15 is 0 Å². The fourth-order valence-electron chi connectivity index (χ4n) is 4.23. The molecule has 8 heteroatoms. The molecular weight excluding hydrogens is 401 g/mol. The van der Waals surface area contributed by atoms with E-state index in [0.717, 1.165) is 27.0 Å². The molecule has 2 aromatic carbocycles. The molecule has 0 spiro atoms. The van der Waals surface area contributed by atoms with Crippen molar-refractivity contribution in [1.29, 1.82) is 0 Å². The van der Waals surface area contributed by atoms with Crippen molar-refractivity contribution in [2.45, 2.75) is 25.7 Å². The third kappa shape index (κ3) is 2.90. The zero-order chi connectivity index (χ0) is 20.9. The van der Waals surface area contributed by atoms with Crippen molar-refractivity contribution in [3.8, 4) is 0 Å². The summed E-state index contributed by atoms with van der Waals surface area (Å²) in [6, 6.07) is 11.2. The van der Waals surface area contributed by atoms with E-state index in [1.54, 1.807) is 24.0 Å². The number of aryl methyl sites for hydroxylation is 2. The van der Waals surface area contributed by atoms with Crippen LogP contribution in [0.5, 0.6) is 0 Å². The first-order valence-corrected chi connectivity index (χ1v) is 10.5. The number of hydrogen-bond acceptors (Lipinski definition) is 5. The Morgan fingerprint density at radius 2 is 2.10 bits per heavy atom. The van der Waals surface area contributed by atoms with Crippen molar-refractivity contribution in [2.75, 3.05) is 13.1 Å². The molecule has 152 valence electrons. The predicted molar refractivity (Wildman–Crippen MR) is 113 cm³/mol. The van der Waals surface area contributed by atoms with Crippen LogP contribution in [0.3, 0.4) is 0 Å². The number of benzene rings is 2. The number of aromatic amines is 1. The van der Waals surface area contributed by atoms with Gasteiger partial charge < -0.3 is 4.90 Å². The molecule has 0 bridgehead atoms. The number of likely N-dealkylation sites (tertiary alicyclic amines) is 1. The second-order valence-corrected chi connectivity index (χ2v) is 8.67. The molecule has 1 fully saturated rings. The third-order valence-electron chi connectivity index (χ3n) is 5.97. The fourth-order valence-corrected chi connectivity index (χ4v) is 4.98. The summed E-state index contributed by atoms with van der Waals surface area (Å²) in [6.45, 7) is 4.67. The fraction of sp³-hybridized carbons (Fsp3) is 0.273. The first-order chi connectivity index (χ1) is 14.5. The van der Waals surface area contributed by atoms with E-state index in [1.807, 2.05) is 31.2 Å². The zero-order valence-corrected chi connectivity index (χ0v) is 17.5. The highest BCUT2D eigenvalue weighted by atomic mass is 32.1. The van der Waals surface area contributed by atoms with Crippen LogP contribution in [0, 0.1) is 19.7 Å². The molecule has 0 saturated carbocycles. The lowest BCUT2D eigenvalue weighted by Crippen LogP contribution is -2.35. The van der Waals surface area contributed by atoms with E-state index in [2.05, 4.69) is 19.6 Å². The van der Waals surface area contributed by atoms with Crippen LogP contribution in [0.2, 0.25) is 0 Å². The molecular formula is C22H20FN5OS. The minimum atomic E-state index is -0.576. The molecule has 30 heavy (non-hydrogen) atoms. The Morgan fingerprint density at radius 3 is 2.87 bits per heavy atom. The van der Waals surface area contributed by atoms with E-state index in [0.29, 0.717) is 30.8 Å². The summed E-state index contributed by atoms with van der Waals surface area (Å²) >= 11 is 1.30. The quantitative estimate of drug-likeness (QED) is 0.543. The number of halogens is 1.